The van der Waals surface area contributed by atoms with Gasteiger partial charge in [-0.3, -0.25) is 0 Å². The van der Waals surface area contributed by atoms with Crippen LogP contribution in [0.2, 0.25) is 5.02 Å². The molecule has 0 spiro atoms. The van der Waals surface area contributed by atoms with Crippen LogP contribution < -0.4 is 20.1 Å². The fraction of sp³-hybridized carbons (Fsp3) is 0.188. The van der Waals surface area contributed by atoms with Crippen molar-refractivity contribution in [3.8, 4) is 11.5 Å². The molecule has 22 heavy (non-hydrogen) atoms. The molecule has 0 aliphatic carbocycles. The summed E-state index contributed by atoms with van der Waals surface area (Å²) in [4.78, 5) is 11.8. The Hall–Kier alpha value is -2.40. The minimum atomic E-state index is -0.294. The zero-order valence-electron chi connectivity index (χ0n) is 12.4. The van der Waals surface area contributed by atoms with Crippen molar-refractivity contribution in [3.63, 3.8) is 0 Å². The van der Waals surface area contributed by atoms with Crippen molar-refractivity contribution in [3.05, 3.63) is 53.1 Å². The Kier molecular flexibility index (Phi) is 5.49. The van der Waals surface area contributed by atoms with E-state index in [4.69, 9.17) is 21.1 Å². The zero-order chi connectivity index (χ0) is 15.9. The number of carbonyl (C=O) groups is 1. The van der Waals surface area contributed by atoms with Gasteiger partial charge in [0.25, 0.3) is 0 Å². The molecule has 2 aromatic rings. The van der Waals surface area contributed by atoms with Crippen molar-refractivity contribution < 1.29 is 14.3 Å². The molecule has 0 saturated carbocycles. The topological polar surface area (TPSA) is 59.6 Å². The fourth-order valence-corrected chi connectivity index (χ4v) is 2.01. The van der Waals surface area contributed by atoms with Gasteiger partial charge in [-0.1, -0.05) is 17.7 Å². The minimum Gasteiger partial charge on any atom is -0.493 e. The molecule has 2 N–H and O–H groups in total. The zero-order valence-corrected chi connectivity index (χ0v) is 13.1. The number of urea groups is 1. The van der Waals surface area contributed by atoms with Crippen LogP contribution in [-0.2, 0) is 6.54 Å². The smallest absolute Gasteiger partial charge is 0.319 e. The second-order valence-corrected chi connectivity index (χ2v) is 4.94. The summed E-state index contributed by atoms with van der Waals surface area (Å²) in [6.07, 6.45) is 0. The molecule has 0 unspecified atom stereocenters. The maximum Gasteiger partial charge on any atom is 0.319 e. The van der Waals surface area contributed by atoms with Crippen LogP contribution in [0.15, 0.2) is 42.5 Å². The SMILES string of the molecule is COc1ccc(CNC(=O)Nc2ccc(Cl)cc2)cc1OC. The summed E-state index contributed by atoms with van der Waals surface area (Å²) in [5, 5.41) is 6.12. The quantitative estimate of drug-likeness (QED) is 0.883. The van der Waals surface area contributed by atoms with Gasteiger partial charge >= 0.3 is 6.03 Å². The molecule has 2 aromatic carbocycles. The largest absolute Gasteiger partial charge is 0.493 e. The van der Waals surface area contributed by atoms with Crippen LogP contribution >= 0.6 is 11.6 Å². The predicted molar refractivity (Wildman–Crippen MR) is 86.9 cm³/mol. The van der Waals surface area contributed by atoms with Gasteiger partial charge in [-0.05, 0) is 42.0 Å². The van der Waals surface area contributed by atoms with E-state index < -0.39 is 0 Å². The molecule has 0 saturated heterocycles. The van der Waals surface area contributed by atoms with Crippen molar-refractivity contribution in [2.24, 2.45) is 0 Å². The summed E-state index contributed by atoms with van der Waals surface area (Å²) >= 11 is 5.79. The lowest BCUT2D eigenvalue weighted by molar-refractivity contribution is 0.251. The van der Waals surface area contributed by atoms with Crippen molar-refractivity contribution in [1.29, 1.82) is 0 Å². The first-order chi connectivity index (χ1) is 10.6. The molecule has 0 bridgehead atoms. The van der Waals surface area contributed by atoms with E-state index in [2.05, 4.69) is 10.6 Å². The Balaban J connectivity index is 1.92. The van der Waals surface area contributed by atoms with Crippen molar-refractivity contribution in [1.82, 2.24) is 5.32 Å². The average Bonchev–Trinajstić information content (AvgIpc) is 2.54. The van der Waals surface area contributed by atoms with E-state index in [0.717, 1.165) is 5.56 Å². The van der Waals surface area contributed by atoms with E-state index in [0.29, 0.717) is 28.8 Å². The number of methoxy groups -OCH3 is 2. The maximum absolute atomic E-state index is 11.8. The van der Waals surface area contributed by atoms with E-state index in [1.54, 1.807) is 44.6 Å². The highest BCUT2D eigenvalue weighted by atomic mass is 35.5. The van der Waals surface area contributed by atoms with E-state index in [-0.39, 0.29) is 6.03 Å². The molecule has 0 radical (unpaired) electrons. The second kappa shape index (κ2) is 7.56. The number of benzene rings is 2. The third kappa shape index (κ3) is 4.30. The third-order valence-corrected chi connectivity index (χ3v) is 3.26. The lowest BCUT2D eigenvalue weighted by Crippen LogP contribution is -2.28. The summed E-state index contributed by atoms with van der Waals surface area (Å²) in [5.74, 6) is 1.27. The Labute approximate surface area is 134 Å². The number of anilines is 1. The second-order valence-electron chi connectivity index (χ2n) is 4.50. The standard InChI is InChI=1S/C16H17ClN2O3/c1-21-14-8-3-11(9-15(14)22-2)10-18-16(20)19-13-6-4-12(17)5-7-13/h3-9H,10H2,1-2H3,(H2,18,19,20). The van der Waals surface area contributed by atoms with Gasteiger partial charge in [0.1, 0.15) is 0 Å². The first-order valence-corrected chi connectivity index (χ1v) is 7.01. The highest BCUT2D eigenvalue weighted by molar-refractivity contribution is 6.30. The molecule has 5 nitrogen and oxygen atoms in total. The van der Waals surface area contributed by atoms with Gasteiger partial charge < -0.3 is 20.1 Å². The maximum atomic E-state index is 11.8. The highest BCUT2D eigenvalue weighted by Crippen LogP contribution is 2.27. The van der Waals surface area contributed by atoms with Gasteiger partial charge in [0.05, 0.1) is 14.2 Å². The van der Waals surface area contributed by atoms with Gasteiger partial charge in [-0.2, -0.15) is 0 Å². The van der Waals surface area contributed by atoms with Crippen LogP contribution in [0.4, 0.5) is 10.5 Å². The number of hydrogen-bond donors (Lipinski definition) is 2. The Morgan fingerprint density at radius 2 is 1.73 bits per heavy atom. The number of amides is 2. The van der Waals surface area contributed by atoms with Gasteiger partial charge in [-0.15, -0.1) is 0 Å². The monoisotopic (exact) mass is 320 g/mol. The molecule has 2 amide bonds. The Morgan fingerprint density at radius 1 is 1.05 bits per heavy atom. The number of ether oxygens (including phenoxy) is 2. The molecular formula is C16H17ClN2O3. The summed E-state index contributed by atoms with van der Waals surface area (Å²) in [6, 6.07) is 12.1. The fourth-order valence-electron chi connectivity index (χ4n) is 1.88. The van der Waals surface area contributed by atoms with Crippen LogP contribution in [0.1, 0.15) is 5.56 Å². The lowest BCUT2D eigenvalue weighted by Gasteiger charge is -2.11. The summed E-state index contributed by atoms with van der Waals surface area (Å²) in [6.45, 7) is 0.375. The Bertz CT molecular complexity index is 644. The first kappa shape index (κ1) is 16.0. The van der Waals surface area contributed by atoms with Crippen LogP contribution in [0.5, 0.6) is 11.5 Å². The number of nitrogens with one attached hydrogen (secondary N) is 2. The van der Waals surface area contributed by atoms with Gasteiger partial charge in [0.15, 0.2) is 11.5 Å². The molecule has 0 atom stereocenters. The van der Waals surface area contributed by atoms with Gasteiger partial charge in [0, 0.05) is 17.3 Å². The van der Waals surface area contributed by atoms with E-state index >= 15 is 0 Å². The molecule has 0 heterocycles. The normalized spacial score (nSPS) is 9.95. The number of carbonyl (C=O) groups excluding carboxylic acids is 1. The van der Waals surface area contributed by atoms with Crippen molar-refractivity contribution in [2.75, 3.05) is 19.5 Å². The lowest BCUT2D eigenvalue weighted by atomic mass is 10.2. The first-order valence-electron chi connectivity index (χ1n) is 6.63. The number of hydrogen-bond acceptors (Lipinski definition) is 3. The van der Waals surface area contributed by atoms with Crippen LogP contribution in [0.25, 0.3) is 0 Å². The van der Waals surface area contributed by atoms with E-state index in [9.17, 15) is 4.79 Å². The molecule has 116 valence electrons. The molecular weight excluding hydrogens is 304 g/mol. The molecule has 0 aliphatic rings. The average molecular weight is 321 g/mol. The molecule has 0 aromatic heterocycles. The minimum absolute atomic E-state index is 0.294. The van der Waals surface area contributed by atoms with Gasteiger partial charge in [-0.25, -0.2) is 4.79 Å². The number of rotatable bonds is 5. The van der Waals surface area contributed by atoms with Crippen LogP contribution in [-0.4, -0.2) is 20.3 Å². The molecule has 0 fully saturated rings. The van der Waals surface area contributed by atoms with E-state index in [1.165, 1.54) is 0 Å². The molecule has 0 aliphatic heterocycles. The van der Waals surface area contributed by atoms with E-state index in [1.807, 2.05) is 12.1 Å². The van der Waals surface area contributed by atoms with Crippen LogP contribution in [0, 0.1) is 0 Å². The van der Waals surface area contributed by atoms with Crippen molar-refractivity contribution >= 4 is 23.3 Å². The van der Waals surface area contributed by atoms with Crippen molar-refractivity contribution in [2.45, 2.75) is 6.54 Å². The summed E-state index contributed by atoms with van der Waals surface area (Å²) in [5.41, 5.74) is 1.58. The van der Waals surface area contributed by atoms with Gasteiger partial charge in [0.2, 0.25) is 0 Å². The predicted octanol–water partition coefficient (Wildman–Crippen LogP) is 3.68. The number of halogens is 1. The highest BCUT2D eigenvalue weighted by Gasteiger charge is 2.06. The third-order valence-electron chi connectivity index (χ3n) is 3.00. The summed E-state index contributed by atoms with van der Waals surface area (Å²) in [7, 11) is 3.15. The Morgan fingerprint density at radius 3 is 2.36 bits per heavy atom. The van der Waals surface area contributed by atoms with Crippen LogP contribution in [0.3, 0.4) is 0 Å². The molecule has 2 rings (SSSR count). The molecule has 6 heteroatoms. The summed E-state index contributed by atoms with van der Waals surface area (Å²) < 4.78 is 10.4.